The highest BCUT2D eigenvalue weighted by molar-refractivity contribution is 9.10. The van der Waals surface area contributed by atoms with Crippen molar-refractivity contribution in [2.24, 2.45) is 0 Å². The number of amides is 1. The standard InChI is InChI=1S/C13H18BrNO4/c1-8(14)13(16)15-7-9-5-10(17-2)12(19-4)11(6-9)18-3/h5-6,8H,7H2,1-4H3,(H,15,16). The summed E-state index contributed by atoms with van der Waals surface area (Å²) in [5.41, 5.74) is 0.871. The molecule has 6 heteroatoms. The van der Waals surface area contributed by atoms with Gasteiger partial charge < -0.3 is 19.5 Å². The number of methoxy groups -OCH3 is 3. The number of nitrogens with one attached hydrogen (secondary N) is 1. The Bertz CT molecular complexity index is 423. The van der Waals surface area contributed by atoms with Crippen molar-refractivity contribution in [3.8, 4) is 17.2 Å². The van der Waals surface area contributed by atoms with Gasteiger partial charge in [-0.1, -0.05) is 15.9 Å². The van der Waals surface area contributed by atoms with E-state index in [0.29, 0.717) is 23.8 Å². The number of halogens is 1. The topological polar surface area (TPSA) is 56.8 Å². The number of carbonyl (C=O) groups excluding carboxylic acids is 1. The van der Waals surface area contributed by atoms with Crippen LogP contribution in [0, 0.1) is 0 Å². The Hall–Kier alpha value is -1.43. The summed E-state index contributed by atoms with van der Waals surface area (Å²) in [7, 11) is 4.66. The fraction of sp³-hybridized carbons (Fsp3) is 0.462. The third kappa shape index (κ3) is 4.02. The quantitative estimate of drug-likeness (QED) is 0.811. The number of benzene rings is 1. The Kier molecular flexibility index (Phi) is 5.95. The van der Waals surface area contributed by atoms with E-state index in [1.165, 1.54) is 0 Å². The van der Waals surface area contributed by atoms with Gasteiger partial charge in [0.05, 0.1) is 26.2 Å². The fourth-order valence-electron chi connectivity index (χ4n) is 1.57. The van der Waals surface area contributed by atoms with Gasteiger partial charge in [0.15, 0.2) is 11.5 Å². The second-order valence-electron chi connectivity index (χ2n) is 3.87. The highest BCUT2D eigenvalue weighted by atomic mass is 79.9. The molecule has 1 aromatic rings. The predicted molar refractivity (Wildman–Crippen MR) is 76.3 cm³/mol. The largest absolute Gasteiger partial charge is 0.493 e. The van der Waals surface area contributed by atoms with Crippen LogP contribution in [0.25, 0.3) is 0 Å². The minimum Gasteiger partial charge on any atom is -0.493 e. The molecule has 106 valence electrons. The van der Waals surface area contributed by atoms with Crippen molar-refractivity contribution in [1.29, 1.82) is 0 Å². The van der Waals surface area contributed by atoms with Crippen molar-refractivity contribution < 1.29 is 19.0 Å². The van der Waals surface area contributed by atoms with Crippen molar-refractivity contribution in [2.45, 2.75) is 18.3 Å². The van der Waals surface area contributed by atoms with Gasteiger partial charge in [-0.15, -0.1) is 0 Å². The van der Waals surface area contributed by atoms with Crippen LogP contribution < -0.4 is 19.5 Å². The van der Waals surface area contributed by atoms with E-state index in [2.05, 4.69) is 21.2 Å². The highest BCUT2D eigenvalue weighted by Gasteiger charge is 2.14. The Labute approximate surface area is 121 Å². The first-order valence-corrected chi connectivity index (χ1v) is 6.65. The first-order chi connectivity index (χ1) is 9.03. The first-order valence-electron chi connectivity index (χ1n) is 5.74. The van der Waals surface area contributed by atoms with Gasteiger partial charge in [-0.25, -0.2) is 0 Å². The lowest BCUT2D eigenvalue weighted by atomic mass is 10.1. The van der Waals surface area contributed by atoms with Crippen molar-refractivity contribution in [1.82, 2.24) is 5.32 Å². The molecule has 1 atom stereocenters. The maximum Gasteiger partial charge on any atom is 0.233 e. The number of carbonyl (C=O) groups is 1. The third-order valence-corrected chi connectivity index (χ3v) is 2.97. The highest BCUT2D eigenvalue weighted by Crippen LogP contribution is 2.38. The summed E-state index contributed by atoms with van der Waals surface area (Å²) >= 11 is 3.21. The molecular weight excluding hydrogens is 314 g/mol. The van der Waals surface area contributed by atoms with Crippen LogP contribution in [-0.4, -0.2) is 32.1 Å². The molecule has 0 spiro atoms. The second-order valence-corrected chi connectivity index (χ2v) is 5.24. The molecule has 0 aliphatic heterocycles. The molecule has 0 fully saturated rings. The van der Waals surface area contributed by atoms with Gasteiger partial charge in [0.1, 0.15) is 0 Å². The molecule has 1 unspecified atom stereocenters. The lowest BCUT2D eigenvalue weighted by Crippen LogP contribution is -2.28. The van der Waals surface area contributed by atoms with Gasteiger partial charge in [-0.2, -0.15) is 0 Å². The molecule has 0 saturated heterocycles. The molecule has 0 aliphatic carbocycles. The maximum atomic E-state index is 11.5. The second kappa shape index (κ2) is 7.23. The minimum atomic E-state index is -0.227. The van der Waals surface area contributed by atoms with Crippen LogP contribution in [0.1, 0.15) is 12.5 Å². The average Bonchev–Trinajstić information content (AvgIpc) is 2.42. The van der Waals surface area contributed by atoms with Crippen LogP contribution >= 0.6 is 15.9 Å². The van der Waals surface area contributed by atoms with Gasteiger partial charge >= 0.3 is 0 Å². The predicted octanol–water partition coefficient (Wildman–Crippen LogP) is 2.11. The number of alkyl halides is 1. The Morgan fingerprint density at radius 1 is 1.21 bits per heavy atom. The van der Waals surface area contributed by atoms with Gasteiger partial charge in [-0.05, 0) is 24.6 Å². The molecule has 0 aliphatic rings. The number of rotatable bonds is 6. The van der Waals surface area contributed by atoms with Gasteiger partial charge in [0.2, 0.25) is 11.7 Å². The van der Waals surface area contributed by atoms with E-state index in [1.54, 1.807) is 40.4 Å². The van der Waals surface area contributed by atoms with Gasteiger partial charge in [-0.3, -0.25) is 4.79 Å². The number of hydrogen-bond acceptors (Lipinski definition) is 4. The zero-order valence-electron chi connectivity index (χ0n) is 11.5. The third-order valence-electron chi connectivity index (χ3n) is 2.55. The van der Waals surface area contributed by atoms with Gasteiger partial charge in [0, 0.05) is 6.54 Å². The van der Waals surface area contributed by atoms with Crippen LogP contribution in [0.4, 0.5) is 0 Å². The molecule has 0 saturated carbocycles. The number of ether oxygens (including phenoxy) is 3. The Morgan fingerprint density at radius 2 is 1.74 bits per heavy atom. The lowest BCUT2D eigenvalue weighted by molar-refractivity contribution is -0.120. The van der Waals surface area contributed by atoms with Crippen LogP contribution in [-0.2, 0) is 11.3 Å². The van der Waals surface area contributed by atoms with Crippen molar-refractivity contribution in [3.05, 3.63) is 17.7 Å². The van der Waals surface area contributed by atoms with E-state index in [-0.39, 0.29) is 10.7 Å². The lowest BCUT2D eigenvalue weighted by Gasteiger charge is -2.14. The molecular formula is C13H18BrNO4. The summed E-state index contributed by atoms with van der Waals surface area (Å²) in [6.45, 7) is 2.16. The van der Waals surface area contributed by atoms with E-state index in [9.17, 15) is 4.79 Å². The SMILES string of the molecule is COc1cc(CNC(=O)C(C)Br)cc(OC)c1OC. The summed E-state index contributed by atoms with van der Waals surface area (Å²) in [5.74, 6) is 1.60. The van der Waals surface area contributed by atoms with Gasteiger partial charge in [0.25, 0.3) is 0 Å². The Morgan fingerprint density at radius 3 is 2.11 bits per heavy atom. The zero-order valence-corrected chi connectivity index (χ0v) is 13.0. The summed E-state index contributed by atoms with van der Waals surface area (Å²) < 4.78 is 15.7. The van der Waals surface area contributed by atoms with Crippen LogP contribution in [0.3, 0.4) is 0 Å². The average molecular weight is 332 g/mol. The monoisotopic (exact) mass is 331 g/mol. The van der Waals surface area contributed by atoms with Crippen LogP contribution in [0.5, 0.6) is 17.2 Å². The van der Waals surface area contributed by atoms with Crippen molar-refractivity contribution >= 4 is 21.8 Å². The smallest absolute Gasteiger partial charge is 0.233 e. The number of hydrogen-bond donors (Lipinski definition) is 1. The summed E-state index contributed by atoms with van der Waals surface area (Å²) in [6, 6.07) is 3.61. The summed E-state index contributed by atoms with van der Waals surface area (Å²) in [6.07, 6.45) is 0. The molecule has 19 heavy (non-hydrogen) atoms. The summed E-state index contributed by atoms with van der Waals surface area (Å²) in [5, 5.41) is 2.80. The molecule has 1 rings (SSSR count). The first kappa shape index (κ1) is 15.6. The Balaban J connectivity index is 2.93. The molecule has 1 aromatic carbocycles. The van der Waals surface area contributed by atoms with Crippen molar-refractivity contribution in [3.63, 3.8) is 0 Å². The normalized spacial score (nSPS) is 11.6. The van der Waals surface area contributed by atoms with Crippen molar-refractivity contribution in [2.75, 3.05) is 21.3 Å². The van der Waals surface area contributed by atoms with E-state index >= 15 is 0 Å². The summed E-state index contributed by atoms with van der Waals surface area (Å²) in [4.78, 5) is 11.3. The van der Waals surface area contributed by atoms with E-state index in [0.717, 1.165) is 5.56 Å². The van der Waals surface area contributed by atoms with Crippen LogP contribution in [0.15, 0.2) is 12.1 Å². The molecule has 0 aromatic heterocycles. The van der Waals surface area contributed by atoms with E-state index in [4.69, 9.17) is 14.2 Å². The molecule has 1 amide bonds. The fourth-order valence-corrected chi connectivity index (χ4v) is 1.73. The molecule has 1 N–H and O–H groups in total. The zero-order chi connectivity index (χ0) is 14.4. The molecule has 0 radical (unpaired) electrons. The minimum absolute atomic E-state index is 0.0752. The van der Waals surface area contributed by atoms with E-state index in [1.807, 2.05) is 0 Å². The van der Waals surface area contributed by atoms with Crippen LogP contribution in [0.2, 0.25) is 0 Å². The van der Waals surface area contributed by atoms with E-state index < -0.39 is 0 Å². The molecule has 0 bridgehead atoms. The molecule has 0 heterocycles. The molecule has 5 nitrogen and oxygen atoms in total. The maximum absolute atomic E-state index is 11.5.